The van der Waals surface area contributed by atoms with Crippen LogP contribution in [0, 0.1) is 17.2 Å². The summed E-state index contributed by atoms with van der Waals surface area (Å²) >= 11 is 0. The number of halogens is 2. The Morgan fingerprint density at radius 1 is 1.30 bits per heavy atom. The summed E-state index contributed by atoms with van der Waals surface area (Å²) in [5, 5.41) is 13.7. The van der Waals surface area contributed by atoms with E-state index >= 15 is 0 Å². The van der Waals surface area contributed by atoms with E-state index in [2.05, 4.69) is 10.6 Å². The van der Waals surface area contributed by atoms with Gasteiger partial charge in [-0.15, -0.1) is 0 Å². The van der Waals surface area contributed by atoms with Gasteiger partial charge in [0.05, 0.1) is 12.1 Å². The van der Waals surface area contributed by atoms with Crippen molar-refractivity contribution in [3.05, 3.63) is 35.9 Å². The molecule has 0 fully saturated rings. The van der Waals surface area contributed by atoms with Crippen molar-refractivity contribution in [3.8, 4) is 6.07 Å². The van der Waals surface area contributed by atoms with E-state index in [1.807, 2.05) is 13.8 Å². The normalized spacial score (nSPS) is 12.7. The zero-order chi connectivity index (χ0) is 17.3. The monoisotopic (exact) mass is 323 g/mol. The smallest absolute Gasteiger partial charge is 0.254 e. The summed E-state index contributed by atoms with van der Waals surface area (Å²) in [7, 11) is 0. The van der Waals surface area contributed by atoms with Crippen LogP contribution in [0.5, 0.6) is 0 Å². The molecule has 1 atom stereocenters. The maximum atomic E-state index is 14.3. The van der Waals surface area contributed by atoms with E-state index in [9.17, 15) is 13.6 Å². The van der Waals surface area contributed by atoms with Crippen LogP contribution in [0.3, 0.4) is 0 Å². The summed E-state index contributed by atoms with van der Waals surface area (Å²) in [6, 6.07) is 9.21. The number of hydrogen-bond acceptors (Lipinski definition) is 3. The molecular weight excluding hydrogens is 300 g/mol. The Kier molecular flexibility index (Phi) is 7.63. The molecule has 0 spiro atoms. The first-order valence-corrected chi connectivity index (χ1v) is 7.64. The van der Waals surface area contributed by atoms with E-state index in [1.54, 1.807) is 36.4 Å². The predicted octanol–water partition coefficient (Wildman–Crippen LogP) is 2.51. The fourth-order valence-corrected chi connectivity index (χ4v) is 2.15. The van der Waals surface area contributed by atoms with Gasteiger partial charge >= 0.3 is 0 Å². The second-order valence-corrected chi connectivity index (χ2v) is 5.95. The van der Waals surface area contributed by atoms with E-state index in [4.69, 9.17) is 5.26 Å². The summed E-state index contributed by atoms with van der Waals surface area (Å²) in [5.41, 5.74) is 0.526. The van der Waals surface area contributed by atoms with Crippen LogP contribution >= 0.6 is 0 Å². The number of carbonyl (C=O) groups excluding carboxylic acids is 1. The fourth-order valence-electron chi connectivity index (χ4n) is 2.15. The van der Waals surface area contributed by atoms with Crippen molar-refractivity contribution in [1.29, 1.82) is 5.26 Å². The standard InChI is InChI=1S/C17H23F2N3O/c1-13(2)12-22-15(16(23)21-9-8-20)11-17(18,19)10-14-6-4-3-5-7-14/h3-7,13,15,22H,9-12H2,1-2H3,(H,21,23)/t15-/m0/s1. The summed E-state index contributed by atoms with van der Waals surface area (Å²) in [5.74, 6) is -3.36. The van der Waals surface area contributed by atoms with E-state index < -0.39 is 30.7 Å². The van der Waals surface area contributed by atoms with Crippen LogP contribution in [0.25, 0.3) is 0 Å². The molecule has 0 aromatic heterocycles. The number of rotatable bonds is 9. The maximum Gasteiger partial charge on any atom is 0.254 e. The van der Waals surface area contributed by atoms with Crippen molar-refractivity contribution in [2.24, 2.45) is 5.92 Å². The van der Waals surface area contributed by atoms with Gasteiger partial charge in [0.25, 0.3) is 5.92 Å². The Labute approximate surface area is 135 Å². The molecule has 23 heavy (non-hydrogen) atoms. The Morgan fingerprint density at radius 3 is 2.52 bits per heavy atom. The van der Waals surface area contributed by atoms with Gasteiger partial charge in [0.2, 0.25) is 5.91 Å². The number of nitrogens with zero attached hydrogens (tertiary/aromatic N) is 1. The summed E-state index contributed by atoms with van der Waals surface area (Å²) in [4.78, 5) is 12.0. The molecule has 4 nitrogen and oxygen atoms in total. The van der Waals surface area contributed by atoms with E-state index in [0.717, 1.165) is 0 Å². The molecule has 1 aromatic rings. The average Bonchev–Trinajstić information content (AvgIpc) is 2.49. The lowest BCUT2D eigenvalue weighted by Crippen LogP contribution is -2.48. The summed E-state index contributed by atoms with van der Waals surface area (Å²) in [6.45, 7) is 4.12. The maximum absolute atomic E-state index is 14.3. The van der Waals surface area contributed by atoms with Crippen LogP contribution in [0.1, 0.15) is 25.8 Å². The van der Waals surface area contributed by atoms with Gasteiger partial charge in [-0.2, -0.15) is 5.26 Å². The van der Waals surface area contributed by atoms with Gasteiger partial charge in [-0.3, -0.25) is 4.79 Å². The number of amides is 1. The number of nitriles is 1. The van der Waals surface area contributed by atoms with Crippen molar-refractivity contribution in [2.45, 2.75) is 38.7 Å². The van der Waals surface area contributed by atoms with Gasteiger partial charge in [-0.25, -0.2) is 8.78 Å². The number of carbonyl (C=O) groups is 1. The highest BCUT2D eigenvalue weighted by molar-refractivity contribution is 5.82. The molecule has 1 rings (SSSR count). The highest BCUT2D eigenvalue weighted by atomic mass is 19.3. The third-order valence-electron chi connectivity index (χ3n) is 3.24. The number of alkyl halides is 2. The van der Waals surface area contributed by atoms with Crippen LogP contribution < -0.4 is 10.6 Å². The van der Waals surface area contributed by atoms with Gasteiger partial charge in [-0.05, 0) is 18.0 Å². The van der Waals surface area contributed by atoms with E-state index in [0.29, 0.717) is 12.1 Å². The molecule has 0 aliphatic carbocycles. The molecule has 0 unspecified atom stereocenters. The topological polar surface area (TPSA) is 64.9 Å². The first-order chi connectivity index (χ1) is 10.8. The molecule has 1 aromatic carbocycles. The van der Waals surface area contributed by atoms with Crippen molar-refractivity contribution in [2.75, 3.05) is 13.1 Å². The molecular formula is C17H23F2N3O. The highest BCUT2D eigenvalue weighted by Gasteiger charge is 2.35. The van der Waals surface area contributed by atoms with Gasteiger partial charge in [0.15, 0.2) is 0 Å². The Bertz CT molecular complexity index is 526. The molecule has 0 radical (unpaired) electrons. The minimum absolute atomic E-state index is 0.192. The van der Waals surface area contributed by atoms with Gasteiger partial charge < -0.3 is 10.6 Å². The van der Waals surface area contributed by atoms with Gasteiger partial charge in [0, 0.05) is 12.8 Å². The highest BCUT2D eigenvalue weighted by Crippen LogP contribution is 2.25. The zero-order valence-electron chi connectivity index (χ0n) is 13.5. The van der Waals surface area contributed by atoms with Gasteiger partial charge in [-0.1, -0.05) is 44.2 Å². The lowest BCUT2D eigenvalue weighted by atomic mass is 10.00. The molecule has 6 heteroatoms. The molecule has 0 heterocycles. The molecule has 2 N–H and O–H groups in total. The lowest BCUT2D eigenvalue weighted by Gasteiger charge is -2.24. The molecule has 0 saturated carbocycles. The zero-order valence-corrected chi connectivity index (χ0v) is 13.5. The van der Waals surface area contributed by atoms with E-state index in [1.165, 1.54) is 0 Å². The predicted molar refractivity (Wildman–Crippen MR) is 85.0 cm³/mol. The van der Waals surface area contributed by atoms with Crippen LogP contribution in [-0.2, 0) is 11.2 Å². The first kappa shape index (κ1) is 19.0. The lowest BCUT2D eigenvalue weighted by molar-refractivity contribution is -0.125. The Hall–Kier alpha value is -2.00. The molecule has 1 amide bonds. The fraction of sp³-hybridized carbons (Fsp3) is 0.529. The Morgan fingerprint density at radius 2 is 1.96 bits per heavy atom. The van der Waals surface area contributed by atoms with Crippen LogP contribution in [-0.4, -0.2) is 31.0 Å². The van der Waals surface area contributed by atoms with Crippen molar-refractivity contribution >= 4 is 5.91 Å². The average molecular weight is 323 g/mol. The van der Waals surface area contributed by atoms with Crippen molar-refractivity contribution in [3.63, 3.8) is 0 Å². The summed E-state index contributed by atoms with van der Waals surface area (Å²) in [6.07, 6.45) is -1.02. The molecule has 0 bridgehead atoms. The van der Waals surface area contributed by atoms with E-state index in [-0.39, 0.29) is 12.5 Å². The SMILES string of the molecule is CC(C)CN[C@@H](CC(F)(F)Cc1ccccc1)C(=O)NCC#N. The van der Waals surface area contributed by atoms with Gasteiger partial charge in [0.1, 0.15) is 6.54 Å². The van der Waals surface area contributed by atoms with Crippen LogP contribution in [0.15, 0.2) is 30.3 Å². The quantitative estimate of drug-likeness (QED) is 0.686. The Balaban J connectivity index is 2.72. The number of nitrogens with one attached hydrogen (secondary N) is 2. The minimum Gasteiger partial charge on any atom is -0.342 e. The van der Waals surface area contributed by atoms with Crippen LogP contribution in [0.4, 0.5) is 8.78 Å². The second kappa shape index (κ2) is 9.21. The van der Waals surface area contributed by atoms with Crippen molar-refractivity contribution < 1.29 is 13.6 Å². The van der Waals surface area contributed by atoms with Crippen LogP contribution in [0.2, 0.25) is 0 Å². The largest absolute Gasteiger partial charge is 0.342 e. The molecule has 126 valence electrons. The second-order valence-electron chi connectivity index (χ2n) is 5.95. The number of hydrogen-bond donors (Lipinski definition) is 2. The molecule has 0 aliphatic heterocycles. The number of benzene rings is 1. The first-order valence-electron chi connectivity index (χ1n) is 7.64. The van der Waals surface area contributed by atoms with Crippen molar-refractivity contribution in [1.82, 2.24) is 10.6 Å². The molecule has 0 saturated heterocycles. The molecule has 0 aliphatic rings. The summed E-state index contributed by atoms with van der Waals surface area (Å²) < 4.78 is 28.6. The minimum atomic E-state index is -3.01. The third kappa shape index (κ3) is 7.71. The third-order valence-corrected chi connectivity index (χ3v) is 3.24.